The zero-order valence-corrected chi connectivity index (χ0v) is 23.7. The molecule has 5 rings (SSSR count). The molecule has 0 radical (unpaired) electrons. The van der Waals surface area contributed by atoms with Crippen molar-refractivity contribution in [2.45, 2.75) is 50.2 Å². The third kappa shape index (κ3) is 6.51. The Bertz CT molecular complexity index is 1560. The first-order valence-electron chi connectivity index (χ1n) is 14.0. The third-order valence-electron chi connectivity index (χ3n) is 7.67. The van der Waals surface area contributed by atoms with E-state index in [9.17, 15) is 32.3 Å². The number of nitrogens with one attached hydrogen (secondary N) is 1. The van der Waals surface area contributed by atoms with Crippen molar-refractivity contribution in [3.63, 3.8) is 0 Å². The third-order valence-corrected chi connectivity index (χ3v) is 7.67. The Labute approximate surface area is 252 Å². The molecule has 228 valence electrons. The molecule has 1 N–H and O–H groups in total. The van der Waals surface area contributed by atoms with Crippen molar-refractivity contribution in [1.82, 2.24) is 15.1 Å². The molecular weight excluding hydrogens is 575 g/mol. The van der Waals surface area contributed by atoms with E-state index in [1.165, 1.54) is 28.9 Å². The maximum atomic E-state index is 13.9. The van der Waals surface area contributed by atoms with Gasteiger partial charge in [0.15, 0.2) is 0 Å². The molecule has 0 aliphatic carbocycles. The minimum Gasteiger partial charge on any atom is -0.447 e. The number of rotatable bonds is 10. The quantitative estimate of drug-likeness (QED) is 0.323. The summed E-state index contributed by atoms with van der Waals surface area (Å²) >= 11 is 0. The molecule has 3 aromatic carbocycles. The van der Waals surface area contributed by atoms with Gasteiger partial charge in [-0.1, -0.05) is 84.9 Å². The number of hydrogen-bond donors (Lipinski definition) is 1. The lowest BCUT2D eigenvalue weighted by atomic mass is 9.87. The van der Waals surface area contributed by atoms with Crippen molar-refractivity contribution in [3.05, 3.63) is 113 Å². The lowest BCUT2D eigenvalue weighted by molar-refractivity contribution is -0.163. The van der Waals surface area contributed by atoms with Gasteiger partial charge in [-0.2, -0.15) is 13.2 Å². The van der Waals surface area contributed by atoms with Gasteiger partial charge in [0.05, 0.1) is 17.6 Å². The summed E-state index contributed by atoms with van der Waals surface area (Å²) in [4.78, 5) is 55.3. The first kappa shape index (κ1) is 30.5. The van der Waals surface area contributed by atoms with Crippen LogP contribution < -0.4 is 5.32 Å². The molecule has 0 bridgehead atoms. The maximum absolute atomic E-state index is 13.9. The largest absolute Gasteiger partial charge is 0.447 e. The number of alkyl halides is 3. The van der Waals surface area contributed by atoms with Gasteiger partial charge in [-0.25, -0.2) is 4.79 Å². The number of nitrogens with zero attached hydrogens (tertiary/aromatic N) is 2. The van der Waals surface area contributed by atoms with Crippen molar-refractivity contribution in [3.8, 4) is 0 Å². The van der Waals surface area contributed by atoms with E-state index in [1.807, 2.05) is 60.7 Å². The Morgan fingerprint density at radius 1 is 1.00 bits per heavy atom. The summed E-state index contributed by atoms with van der Waals surface area (Å²) in [7, 11) is 0. The molecule has 2 fully saturated rings. The van der Waals surface area contributed by atoms with Crippen molar-refractivity contribution in [2.75, 3.05) is 6.61 Å². The van der Waals surface area contributed by atoms with Gasteiger partial charge in [0.25, 0.3) is 0 Å². The highest BCUT2D eigenvalue weighted by molar-refractivity contribution is 5.99. The second-order valence-corrected chi connectivity index (χ2v) is 10.7. The number of halogens is 3. The smallest absolute Gasteiger partial charge is 0.416 e. The number of carbonyl (C=O) groups is 4. The van der Waals surface area contributed by atoms with Crippen LogP contribution in [-0.4, -0.2) is 58.2 Å². The SMILES string of the molecule is CC(=O)CC(C(=O)NCc1cccc(C(F)(F)F)c1)N1C(=O)C(N2C(=O)OCC2c2ccccc2)C1/C=C/c1ccccc1. The van der Waals surface area contributed by atoms with Gasteiger partial charge < -0.3 is 15.0 Å². The minimum atomic E-state index is -4.55. The number of carbonyl (C=O) groups excluding carboxylic acids is 4. The summed E-state index contributed by atoms with van der Waals surface area (Å²) in [6, 6.07) is 19.3. The first-order chi connectivity index (χ1) is 21.0. The van der Waals surface area contributed by atoms with Crippen molar-refractivity contribution in [2.24, 2.45) is 0 Å². The van der Waals surface area contributed by atoms with E-state index in [2.05, 4.69) is 5.32 Å². The van der Waals surface area contributed by atoms with Gasteiger partial charge in [0.2, 0.25) is 11.8 Å². The number of hydrogen-bond acceptors (Lipinski definition) is 5. The Kier molecular flexibility index (Phi) is 8.84. The molecule has 4 atom stereocenters. The number of ketones is 1. The van der Waals surface area contributed by atoms with Gasteiger partial charge in [-0.3, -0.25) is 19.3 Å². The first-order valence-corrected chi connectivity index (χ1v) is 14.0. The molecule has 2 aliphatic heterocycles. The Balaban J connectivity index is 1.44. The highest BCUT2D eigenvalue weighted by atomic mass is 19.4. The minimum absolute atomic E-state index is 0.0378. The van der Waals surface area contributed by atoms with E-state index < -0.39 is 53.8 Å². The molecule has 3 aromatic rings. The molecular formula is C33H30F3N3O5. The lowest BCUT2D eigenvalue weighted by Crippen LogP contribution is -2.74. The fraction of sp³-hybridized carbons (Fsp3) is 0.273. The molecule has 8 nitrogen and oxygen atoms in total. The molecule has 11 heteroatoms. The maximum Gasteiger partial charge on any atom is 0.416 e. The summed E-state index contributed by atoms with van der Waals surface area (Å²) in [6.45, 7) is 1.07. The molecule has 4 unspecified atom stereocenters. The zero-order chi connectivity index (χ0) is 31.4. The average molecular weight is 606 g/mol. The van der Waals surface area contributed by atoms with Crippen LogP contribution in [0.4, 0.5) is 18.0 Å². The molecule has 0 saturated carbocycles. The van der Waals surface area contributed by atoms with Crippen LogP contribution in [0.2, 0.25) is 0 Å². The van der Waals surface area contributed by atoms with Crippen LogP contribution in [-0.2, 0) is 31.8 Å². The van der Waals surface area contributed by atoms with E-state index in [0.29, 0.717) is 0 Å². The van der Waals surface area contributed by atoms with E-state index in [-0.39, 0.29) is 30.9 Å². The predicted molar refractivity (Wildman–Crippen MR) is 155 cm³/mol. The van der Waals surface area contributed by atoms with Crippen LogP contribution in [0.3, 0.4) is 0 Å². The van der Waals surface area contributed by atoms with Crippen LogP contribution in [0, 0.1) is 0 Å². The van der Waals surface area contributed by atoms with E-state index in [0.717, 1.165) is 23.3 Å². The van der Waals surface area contributed by atoms with Crippen LogP contribution >= 0.6 is 0 Å². The number of Topliss-reactive ketones (excluding diaryl/α,β-unsaturated/α-hetero) is 1. The van der Waals surface area contributed by atoms with Crippen molar-refractivity contribution >= 4 is 29.8 Å². The highest BCUT2D eigenvalue weighted by Gasteiger charge is 2.58. The number of benzene rings is 3. The topological polar surface area (TPSA) is 96.0 Å². The normalized spacial score (nSPS) is 20.8. The number of ether oxygens (including phenoxy) is 1. The Hall–Kier alpha value is -4.93. The van der Waals surface area contributed by atoms with Crippen LogP contribution in [0.15, 0.2) is 91.0 Å². The number of β-lactam (4-membered cyclic amide) rings is 1. The highest BCUT2D eigenvalue weighted by Crippen LogP contribution is 2.39. The van der Waals surface area contributed by atoms with Gasteiger partial charge >= 0.3 is 12.3 Å². The fourth-order valence-corrected chi connectivity index (χ4v) is 5.56. The molecule has 2 saturated heterocycles. The molecule has 0 spiro atoms. The zero-order valence-electron chi connectivity index (χ0n) is 23.7. The monoisotopic (exact) mass is 605 g/mol. The summed E-state index contributed by atoms with van der Waals surface area (Å²) in [5.74, 6) is -1.62. The van der Waals surface area contributed by atoms with Gasteiger partial charge in [0, 0.05) is 13.0 Å². The molecule has 2 heterocycles. The second-order valence-electron chi connectivity index (χ2n) is 10.7. The summed E-state index contributed by atoms with van der Waals surface area (Å²) in [6.07, 6.45) is -2.08. The van der Waals surface area contributed by atoms with Crippen LogP contribution in [0.5, 0.6) is 0 Å². The van der Waals surface area contributed by atoms with Crippen LogP contribution in [0.25, 0.3) is 6.08 Å². The van der Waals surface area contributed by atoms with E-state index in [1.54, 1.807) is 12.2 Å². The second kappa shape index (κ2) is 12.7. The fourth-order valence-electron chi connectivity index (χ4n) is 5.56. The van der Waals surface area contributed by atoms with Gasteiger partial charge in [-0.15, -0.1) is 0 Å². The molecule has 2 aliphatic rings. The number of cyclic esters (lactones) is 1. The van der Waals surface area contributed by atoms with Crippen LogP contribution in [0.1, 0.15) is 41.6 Å². The molecule has 44 heavy (non-hydrogen) atoms. The van der Waals surface area contributed by atoms with Gasteiger partial charge in [-0.05, 0) is 35.7 Å². The molecule has 0 aromatic heterocycles. The average Bonchev–Trinajstić information content (AvgIpc) is 3.38. The Morgan fingerprint density at radius 3 is 2.34 bits per heavy atom. The molecule has 3 amide bonds. The summed E-state index contributed by atoms with van der Waals surface area (Å²) < 4.78 is 44.9. The summed E-state index contributed by atoms with van der Waals surface area (Å²) in [5.41, 5.74) is 0.927. The van der Waals surface area contributed by atoms with E-state index >= 15 is 0 Å². The van der Waals surface area contributed by atoms with E-state index in [4.69, 9.17) is 4.74 Å². The Morgan fingerprint density at radius 2 is 1.68 bits per heavy atom. The van der Waals surface area contributed by atoms with Crippen molar-refractivity contribution < 1.29 is 37.1 Å². The number of likely N-dealkylation sites (tertiary alicyclic amines) is 1. The standard InChI is InChI=1S/C33H30F3N3O5/c1-21(40)17-27(30(41)37-19-23-11-8-14-25(18-23)33(34,35)36)38-26(16-15-22-9-4-2-5-10-22)29(31(38)42)39-28(20-44-32(39)43)24-12-6-3-7-13-24/h2-16,18,26-29H,17,19-20H2,1H3,(H,37,41)/b16-15+. The summed E-state index contributed by atoms with van der Waals surface area (Å²) in [5, 5.41) is 2.59. The number of amides is 3. The van der Waals surface area contributed by atoms with Gasteiger partial charge in [0.1, 0.15) is 24.5 Å². The van der Waals surface area contributed by atoms with Crippen molar-refractivity contribution in [1.29, 1.82) is 0 Å². The predicted octanol–water partition coefficient (Wildman–Crippen LogP) is 5.16. The lowest BCUT2D eigenvalue weighted by Gasteiger charge is -2.52.